The molecule has 112 valence electrons. The number of carbonyl (C=O) groups is 1. The summed E-state index contributed by atoms with van der Waals surface area (Å²) in [6.45, 7) is 8.09. The van der Waals surface area contributed by atoms with E-state index < -0.39 is 5.54 Å². The third kappa shape index (κ3) is 4.77. The Balaban J connectivity index is 2.45. The van der Waals surface area contributed by atoms with Crippen molar-refractivity contribution in [1.82, 2.24) is 5.32 Å². The second kappa shape index (κ2) is 8.54. The summed E-state index contributed by atoms with van der Waals surface area (Å²) in [4.78, 5) is 12.1. The molecule has 1 rings (SSSR count). The first kappa shape index (κ1) is 16.4. The monoisotopic (exact) mass is 271 g/mol. The molecular weight excluding hydrogens is 242 g/mol. The number of hydrogen-bond acceptors (Lipinski definition) is 4. The van der Waals surface area contributed by atoms with Crippen LogP contribution < -0.4 is 5.32 Å². The van der Waals surface area contributed by atoms with Crippen LogP contribution in [0, 0.1) is 0 Å². The van der Waals surface area contributed by atoms with Gasteiger partial charge in [0.25, 0.3) is 0 Å². The zero-order chi connectivity index (χ0) is 14.1. The highest BCUT2D eigenvalue weighted by Gasteiger charge is 2.46. The van der Waals surface area contributed by atoms with Crippen LogP contribution in [0.15, 0.2) is 0 Å². The molecule has 1 fully saturated rings. The first-order valence-electron chi connectivity index (χ1n) is 7.72. The van der Waals surface area contributed by atoms with E-state index >= 15 is 0 Å². The Labute approximate surface area is 117 Å². The van der Waals surface area contributed by atoms with Crippen molar-refractivity contribution >= 4 is 5.97 Å². The van der Waals surface area contributed by atoms with Gasteiger partial charge < -0.3 is 14.8 Å². The maximum atomic E-state index is 12.1. The number of nitrogens with one attached hydrogen (secondary N) is 1. The van der Waals surface area contributed by atoms with Gasteiger partial charge in [0.05, 0.1) is 12.7 Å². The number of unbranched alkanes of at least 4 members (excludes halogenated alkanes) is 2. The third-order valence-electron chi connectivity index (χ3n) is 3.75. The predicted molar refractivity (Wildman–Crippen MR) is 76.2 cm³/mol. The fraction of sp³-hybridized carbons (Fsp3) is 0.933. The quantitative estimate of drug-likeness (QED) is 0.517. The SMILES string of the molecule is CCCCCOC1CCC(NCC)(C(=O)OCC)C1. The van der Waals surface area contributed by atoms with Gasteiger partial charge in [-0.25, -0.2) is 0 Å². The summed E-state index contributed by atoms with van der Waals surface area (Å²) in [5, 5.41) is 3.32. The smallest absolute Gasteiger partial charge is 0.326 e. The molecule has 0 spiro atoms. The Morgan fingerprint density at radius 1 is 1.32 bits per heavy atom. The second-order valence-electron chi connectivity index (χ2n) is 5.28. The van der Waals surface area contributed by atoms with Gasteiger partial charge in [-0.15, -0.1) is 0 Å². The van der Waals surface area contributed by atoms with Gasteiger partial charge in [0.15, 0.2) is 0 Å². The van der Waals surface area contributed by atoms with E-state index in [0.29, 0.717) is 6.61 Å². The minimum Gasteiger partial charge on any atom is -0.465 e. The van der Waals surface area contributed by atoms with Gasteiger partial charge in [-0.3, -0.25) is 4.79 Å². The molecule has 19 heavy (non-hydrogen) atoms. The lowest BCUT2D eigenvalue weighted by molar-refractivity contribution is -0.151. The summed E-state index contributed by atoms with van der Waals surface area (Å²) in [6.07, 6.45) is 6.23. The summed E-state index contributed by atoms with van der Waals surface area (Å²) in [5.41, 5.74) is -0.514. The average Bonchev–Trinajstić information content (AvgIpc) is 2.80. The molecule has 0 radical (unpaired) electrons. The third-order valence-corrected chi connectivity index (χ3v) is 3.75. The van der Waals surface area contributed by atoms with Gasteiger partial charge in [-0.2, -0.15) is 0 Å². The first-order valence-corrected chi connectivity index (χ1v) is 7.72. The van der Waals surface area contributed by atoms with E-state index in [1.165, 1.54) is 12.8 Å². The van der Waals surface area contributed by atoms with E-state index in [2.05, 4.69) is 12.2 Å². The molecule has 0 heterocycles. The number of ether oxygens (including phenoxy) is 2. The van der Waals surface area contributed by atoms with Gasteiger partial charge in [0, 0.05) is 13.0 Å². The van der Waals surface area contributed by atoms with Crippen molar-refractivity contribution in [2.24, 2.45) is 0 Å². The number of likely N-dealkylation sites (N-methyl/N-ethyl adjacent to an activating group) is 1. The zero-order valence-electron chi connectivity index (χ0n) is 12.7. The van der Waals surface area contributed by atoms with Crippen molar-refractivity contribution in [2.45, 2.75) is 70.9 Å². The number of hydrogen-bond donors (Lipinski definition) is 1. The van der Waals surface area contributed by atoms with Crippen molar-refractivity contribution in [3.63, 3.8) is 0 Å². The summed E-state index contributed by atoms with van der Waals surface area (Å²) >= 11 is 0. The summed E-state index contributed by atoms with van der Waals surface area (Å²) in [6, 6.07) is 0. The van der Waals surface area contributed by atoms with Crippen LogP contribution >= 0.6 is 0 Å². The minimum atomic E-state index is -0.514. The molecule has 1 saturated carbocycles. The van der Waals surface area contributed by atoms with Gasteiger partial charge in [-0.05, 0) is 32.7 Å². The number of rotatable bonds is 9. The molecule has 2 atom stereocenters. The Morgan fingerprint density at radius 2 is 2.11 bits per heavy atom. The lowest BCUT2D eigenvalue weighted by Crippen LogP contribution is -2.51. The molecule has 2 unspecified atom stereocenters. The predicted octanol–water partition coefficient (Wildman–Crippen LogP) is 2.66. The molecule has 0 aromatic carbocycles. The van der Waals surface area contributed by atoms with Gasteiger partial charge >= 0.3 is 5.97 Å². The molecule has 1 aliphatic carbocycles. The molecule has 0 aromatic rings. The van der Waals surface area contributed by atoms with Crippen molar-refractivity contribution < 1.29 is 14.3 Å². The fourth-order valence-electron chi connectivity index (χ4n) is 2.77. The van der Waals surface area contributed by atoms with Crippen LogP contribution in [0.25, 0.3) is 0 Å². The van der Waals surface area contributed by atoms with Crippen LogP contribution in [0.1, 0.15) is 59.3 Å². The average molecular weight is 271 g/mol. The highest BCUT2D eigenvalue weighted by atomic mass is 16.5. The van der Waals surface area contributed by atoms with Gasteiger partial charge in [-0.1, -0.05) is 26.7 Å². The van der Waals surface area contributed by atoms with E-state index in [4.69, 9.17) is 9.47 Å². The van der Waals surface area contributed by atoms with Gasteiger partial charge in [0.2, 0.25) is 0 Å². The first-order chi connectivity index (χ1) is 9.18. The lowest BCUT2D eigenvalue weighted by Gasteiger charge is -2.27. The second-order valence-corrected chi connectivity index (χ2v) is 5.28. The molecule has 0 amide bonds. The maximum absolute atomic E-state index is 12.1. The molecule has 1 aliphatic rings. The molecule has 0 aromatic heterocycles. The normalized spacial score (nSPS) is 26.6. The number of esters is 1. The van der Waals surface area contributed by atoms with Crippen molar-refractivity contribution in [3.8, 4) is 0 Å². The summed E-state index contributed by atoms with van der Waals surface area (Å²) < 4.78 is 11.1. The van der Waals surface area contributed by atoms with Gasteiger partial charge in [0.1, 0.15) is 5.54 Å². The Bertz CT molecular complexity index is 270. The highest BCUT2D eigenvalue weighted by Crippen LogP contribution is 2.33. The maximum Gasteiger partial charge on any atom is 0.326 e. The number of carbonyl (C=O) groups excluding carboxylic acids is 1. The molecule has 4 heteroatoms. The molecular formula is C15H29NO3. The molecule has 0 aliphatic heterocycles. The van der Waals surface area contributed by atoms with E-state index in [9.17, 15) is 4.79 Å². The van der Waals surface area contributed by atoms with Crippen LogP contribution in [0.5, 0.6) is 0 Å². The standard InChI is InChI=1S/C15H29NO3/c1-4-7-8-11-19-13-9-10-15(12-13,16-5-2)14(17)18-6-3/h13,16H,4-12H2,1-3H3. The summed E-state index contributed by atoms with van der Waals surface area (Å²) in [7, 11) is 0. The Morgan fingerprint density at radius 3 is 2.74 bits per heavy atom. The Hall–Kier alpha value is -0.610. The van der Waals surface area contributed by atoms with Crippen LogP contribution in [0.4, 0.5) is 0 Å². The molecule has 1 N–H and O–H groups in total. The van der Waals surface area contributed by atoms with Crippen molar-refractivity contribution in [1.29, 1.82) is 0 Å². The van der Waals surface area contributed by atoms with Crippen LogP contribution in [0.2, 0.25) is 0 Å². The largest absolute Gasteiger partial charge is 0.465 e. The van der Waals surface area contributed by atoms with E-state index in [1.54, 1.807) is 0 Å². The molecule has 4 nitrogen and oxygen atoms in total. The topological polar surface area (TPSA) is 47.6 Å². The molecule has 0 saturated heterocycles. The van der Waals surface area contributed by atoms with Crippen LogP contribution in [-0.2, 0) is 14.3 Å². The van der Waals surface area contributed by atoms with Crippen LogP contribution in [-0.4, -0.2) is 37.4 Å². The minimum absolute atomic E-state index is 0.114. The molecule has 0 bridgehead atoms. The van der Waals surface area contributed by atoms with Crippen LogP contribution in [0.3, 0.4) is 0 Å². The highest BCUT2D eigenvalue weighted by molar-refractivity contribution is 5.81. The zero-order valence-corrected chi connectivity index (χ0v) is 12.7. The van der Waals surface area contributed by atoms with Crippen molar-refractivity contribution in [2.75, 3.05) is 19.8 Å². The van der Waals surface area contributed by atoms with Crippen molar-refractivity contribution in [3.05, 3.63) is 0 Å². The lowest BCUT2D eigenvalue weighted by atomic mass is 9.97. The summed E-state index contributed by atoms with van der Waals surface area (Å²) in [5.74, 6) is -0.114. The van der Waals surface area contributed by atoms with E-state index in [1.807, 2.05) is 13.8 Å². The van der Waals surface area contributed by atoms with E-state index in [0.717, 1.165) is 38.8 Å². The van der Waals surface area contributed by atoms with E-state index in [-0.39, 0.29) is 12.1 Å². The Kier molecular flexibility index (Phi) is 7.39. The fourth-order valence-corrected chi connectivity index (χ4v) is 2.77.